The molecule has 1 unspecified atom stereocenters. The monoisotopic (exact) mass is 459 g/mol. The summed E-state index contributed by atoms with van der Waals surface area (Å²) in [6.07, 6.45) is 10.7. The van der Waals surface area contributed by atoms with Gasteiger partial charge in [-0.25, -0.2) is 0 Å². The summed E-state index contributed by atoms with van der Waals surface area (Å²) in [7, 11) is 1.10. The van der Waals surface area contributed by atoms with Gasteiger partial charge in [0.1, 0.15) is 0 Å². The van der Waals surface area contributed by atoms with Gasteiger partial charge in [0.05, 0.1) is 32.7 Å². The molecule has 176 valence electrons. The molecule has 1 aliphatic carbocycles. The van der Waals surface area contributed by atoms with Crippen molar-refractivity contribution in [3.8, 4) is 0 Å². The van der Waals surface area contributed by atoms with E-state index in [9.17, 15) is 13.8 Å². The molecule has 2 aliphatic heterocycles. The molecule has 1 saturated heterocycles. The third kappa shape index (κ3) is 5.09. The van der Waals surface area contributed by atoms with Gasteiger partial charge < -0.3 is 10.2 Å². The number of carbonyl (C=O) groups excluding carboxylic acids is 2. The molecule has 0 radical (unpaired) electrons. The first-order valence-electron chi connectivity index (χ1n) is 12.3. The minimum Gasteiger partial charge on any atom is -0.361 e. The average Bonchev–Trinajstić information content (AvgIpc) is 3.19. The molecule has 1 aromatic rings. The van der Waals surface area contributed by atoms with Crippen molar-refractivity contribution in [1.82, 2.24) is 10.2 Å². The van der Waals surface area contributed by atoms with E-state index in [2.05, 4.69) is 28.4 Å². The lowest BCUT2D eigenvalue weighted by molar-refractivity contribution is -0.142. The van der Waals surface area contributed by atoms with Crippen molar-refractivity contribution >= 4 is 28.3 Å². The maximum absolute atomic E-state index is 12.8. The van der Waals surface area contributed by atoms with Gasteiger partial charge in [0.15, 0.2) is 0 Å². The molecule has 32 heavy (non-hydrogen) atoms. The first-order valence-corrected chi connectivity index (χ1v) is 13.6. The molecule has 1 atom stereocenters. The molecular weight excluding hydrogens is 422 g/mol. The molecule has 1 aromatic carbocycles. The van der Waals surface area contributed by atoms with Gasteiger partial charge in [-0.1, -0.05) is 25.3 Å². The van der Waals surface area contributed by atoms with Crippen molar-refractivity contribution in [3.63, 3.8) is 0 Å². The molecular formula is C25H37N3O3S. The van der Waals surface area contributed by atoms with Crippen LogP contribution in [0.2, 0.25) is 0 Å². The lowest BCUT2D eigenvalue weighted by Gasteiger charge is -2.30. The number of benzene rings is 1. The second-order valence-electron chi connectivity index (χ2n) is 9.76. The van der Waals surface area contributed by atoms with Crippen LogP contribution in [0.1, 0.15) is 69.8 Å². The Kier molecular flexibility index (Phi) is 7.66. The van der Waals surface area contributed by atoms with E-state index in [1.54, 1.807) is 4.90 Å². The Morgan fingerprint density at radius 1 is 1.03 bits per heavy atom. The summed E-state index contributed by atoms with van der Waals surface area (Å²) < 4.78 is 12.1. The smallest absolute Gasteiger partial charge is 0.235 e. The molecule has 2 fully saturated rings. The van der Waals surface area contributed by atoms with Gasteiger partial charge in [0.2, 0.25) is 11.8 Å². The summed E-state index contributed by atoms with van der Waals surface area (Å²) in [5, 5.41) is 3.49. The minimum absolute atomic E-state index is 0.0480. The number of hydrogen-bond donors (Lipinski definition) is 1. The maximum Gasteiger partial charge on any atom is 0.235 e. The highest BCUT2D eigenvalue weighted by Crippen LogP contribution is 2.45. The van der Waals surface area contributed by atoms with Crippen molar-refractivity contribution in [3.05, 3.63) is 23.8 Å². The number of carbonyl (C=O) groups is 2. The summed E-state index contributed by atoms with van der Waals surface area (Å²) in [5.41, 5.74) is 2.01. The number of nitrogens with one attached hydrogen (secondary N) is 1. The third-order valence-electron chi connectivity index (χ3n) is 7.35. The number of fused-ring (bicyclic) bond motifs is 1. The fraction of sp³-hybridized carbons (Fsp3) is 0.680. The number of rotatable bonds is 10. The van der Waals surface area contributed by atoms with Crippen LogP contribution in [0, 0.1) is 5.41 Å². The molecule has 6 nitrogen and oxygen atoms in total. The number of anilines is 1. The fourth-order valence-electron chi connectivity index (χ4n) is 5.46. The SMILES string of the molecule is CN1CS(=O)c2cc(CCCCNCCCCN3C(=O)CC4(CCCCC4)C3=O)ccc21. The molecule has 7 heteroatoms. The predicted molar refractivity (Wildman–Crippen MR) is 128 cm³/mol. The summed E-state index contributed by atoms with van der Waals surface area (Å²) in [4.78, 5) is 29.8. The second-order valence-corrected chi connectivity index (χ2v) is 11.1. The van der Waals surface area contributed by atoms with Crippen molar-refractivity contribution < 1.29 is 13.8 Å². The van der Waals surface area contributed by atoms with Gasteiger partial charge in [-0.3, -0.25) is 18.7 Å². The first kappa shape index (κ1) is 23.4. The summed E-state index contributed by atoms with van der Waals surface area (Å²) in [6, 6.07) is 6.37. The van der Waals surface area contributed by atoms with Crippen molar-refractivity contribution in [1.29, 1.82) is 0 Å². The van der Waals surface area contributed by atoms with Crippen molar-refractivity contribution in [2.24, 2.45) is 5.41 Å². The molecule has 3 aliphatic rings. The van der Waals surface area contributed by atoms with Crippen molar-refractivity contribution in [2.75, 3.05) is 37.5 Å². The normalized spacial score (nSPS) is 22.2. The van der Waals surface area contributed by atoms with E-state index in [1.807, 2.05) is 7.05 Å². The second kappa shape index (κ2) is 10.5. The lowest BCUT2D eigenvalue weighted by atomic mass is 9.73. The zero-order valence-corrected chi connectivity index (χ0v) is 20.2. The Labute approximate surface area is 194 Å². The van der Waals surface area contributed by atoms with Gasteiger partial charge in [0.25, 0.3) is 0 Å². The number of unbranched alkanes of at least 4 members (excludes halogenated alkanes) is 2. The quantitative estimate of drug-likeness (QED) is 0.428. The van der Waals surface area contributed by atoms with Crippen LogP contribution in [0.4, 0.5) is 5.69 Å². The van der Waals surface area contributed by atoms with Crippen molar-refractivity contribution in [2.45, 2.75) is 75.5 Å². The van der Waals surface area contributed by atoms with E-state index in [-0.39, 0.29) is 17.2 Å². The highest BCUT2D eigenvalue weighted by atomic mass is 32.2. The maximum atomic E-state index is 12.8. The largest absolute Gasteiger partial charge is 0.361 e. The molecule has 1 spiro atoms. The fourth-order valence-corrected chi connectivity index (χ4v) is 6.83. The van der Waals surface area contributed by atoms with Gasteiger partial charge in [-0.2, -0.15) is 0 Å². The average molecular weight is 460 g/mol. The topological polar surface area (TPSA) is 69.7 Å². The molecule has 1 N–H and O–H groups in total. The summed E-state index contributed by atoms with van der Waals surface area (Å²) >= 11 is 0. The minimum atomic E-state index is -0.893. The highest BCUT2D eigenvalue weighted by molar-refractivity contribution is 7.85. The van der Waals surface area contributed by atoms with Crippen LogP contribution >= 0.6 is 0 Å². The molecule has 2 amide bonds. The molecule has 0 bridgehead atoms. The van der Waals surface area contributed by atoms with Crippen LogP contribution in [-0.4, -0.2) is 53.5 Å². The van der Waals surface area contributed by atoms with E-state index in [4.69, 9.17) is 0 Å². The van der Waals surface area contributed by atoms with Gasteiger partial charge >= 0.3 is 0 Å². The molecule has 4 rings (SSSR count). The van der Waals surface area contributed by atoms with Crippen LogP contribution in [-0.2, 0) is 26.8 Å². The Morgan fingerprint density at radius 2 is 1.78 bits per heavy atom. The van der Waals surface area contributed by atoms with E-state index in [1.165, 1.54) is 12.0 Å². The molecule has 2 heterocycles. The zero-order valence-electron chi connectivity index (χ0n) is 19.4. The number of amides is 2. The Balaban J connectivity index is 1.07. The van der Waals surface area contributed by atoms with Gasteiger partial charge in [0, 0.05) is 20.0 Å². The number of imide groups is 1. The Hall–Kier alpha value is -1.73. The lowest BCUT2D eigenvalue weighted by Crippen LogP contribution is -2.37. The predicted octanol–water partition coefficient (Wildman–Crippen LogP) is 3.60. The van der Waals surface area contributed by atoms with Crippen LogP contribution in [0.5, 0.6) is 0 Å². The van der Waals surface area contributed by atoms with E-state index in [0.717, 1.165) is 81.5 Å². The van der Waals surface area contributed by atoms with Crippen LogP contribution in [0.25, 0.3) is 0 Å². The van der Waals surface area contributed by atoms with Crippen LogP contribution in [0.15, 0.2) is 23.1 Å². The van der Waals surface area contributed by atoms with E-state index < -0.39 is 10.8 Å². The highest BCUT2D eigenvalue weighted by Gasteiger charge is 2.51. The number of nitrogens with zero attached hydrogens (tertiary/aromatic N) is 2. The van der Waals surface area contributed by atoms with Gasteiger partial charge in [-0.05, 0) is 75.7 Å². The molecule has 0 aromatic heterocycles. The summed E-state index contributed by atoms with van der Waals surface area (Å²) in [6.45, 7) is 2.48. The van der Waals surface area contributed by atoms with E-state index >= 15 is 0 Å². The van der Waals surface area contributed by atoms with Crippen LogP contribution in [0.3, 0.4) is 0 Å². The Bertz CT molecular complexity index is 866. The van der Waals surface area contributed by atoms with Gasteiger partial charge in [-0.15, -0.1) is 0 Å². The Morgan fingerprint density at radius 3 is 2.56 bits per heavy atom. The summed E-state index contributed by atoms with van der Waals surface area (Å²) in [5.74, 6) is 0.757. The van der Waals surface area contributed by atoms with Crippen LogP contribution < -0.4 is 10.2 Å². The first-order chi connectivity index (χ1) is 15.5. The number of hydrogen-bond acceptors (Lipinski definition) is 5. The third-order valence-corrected chi connectivity index (χ3v) is 8.79. The standard InChI is InChI=1S/C25H37N3O3S/c1-27-19-32(31)22-17-20(10-11-21(22)27)9-3-6-14-26-15-7-8-16-28-23(29)18-25(24(28)30)12-4-2-5-13-25/h10-11,17,26H,2-9,12-16,18-19H2,1H3. The number of likely N-dealkylation sites (tertiary alicyclic amines) is 1. The number of aryl methyl sites for hydroxylation is 1. The van der Waals surface area contributed by atoms with E-state index in [0.29, 0.717) is 18.8 Å². The molecule has 1 saturated carbocycles. The zero-order chi connectivity index (χ0) is 22.6.